The van der Waals surface area contributed by atoms with Gasteiger partial charge in [-0.2, -0.15) is 0 Å². The molecule has 90 valence electrons. The Hall–Kier alpha value is -1.26. The van der Waals surface area contributed by atoms with Gasteiger partial charge in [0.2, 0.25) is 0 Å². The van der Waals surface area contributed by atoms with Gasteiger partial charge in [-0.15, -0.1) is 0 Å². The first-order valence-electron chi connectivity index (χ1n) is 5.28. The average Bonchev–Trinajstić information content (AvgIpc) is 2.29. The Morgan fingerprint density at radius 3 is 2.69 bits per heavy atom. The molecular formula is C12H18O4. The van der Waals surface area contributed by atoms with Gasteiger partial charge in [-0.1, -0.05) is 0 Å². The highest BCUT2D eigenvalue weighted by molar-refractivity contribution is 5.41. The molecule has 0 aromatic heterocycles. The second-order valence-corrected chi connectivity index (χ2v) is 3.51. The maximum absolute atomic E-state index is 9.55. The monoisotopic (exact) mass is 226 g/mol. The van der Waals surface area contributed by atoms with Crippen molar-refractivity contribution in [2.24, 2.45) is 0 Å². The molecule has 0 aliphatic carbocycles. The van der Waals surface area contributed by atoms with Gasteiger partial charge in [-0.3, -0.25) is 0 Å². The van der Waals surface area contributed by atoms with E-state index in [0.717, 1.165) is 5.56 Å². The molecule has 1 atom stereocenters. The zero-order valence-corrected chi connectivity index (χ0v) is 9.64. The van der Waals surface area contributed by atoms with Gasteiger partial charge in [0, 0.05) is 24.7 Å². The average molecular weight is 226 g/mol. The Labute approximate surface area is 95.4 Å². The molecule has 0 unspecified atom stereocenters. The van der Waals surface area contributed by atoms with E-state index < -0.39 is 6.10 Å². The number of methoxy groups -OCH3 is 1. The predicted octanol–water partition coefficient (Wildman–Crippen LogP) is 1.51. The molecule has 1 aromatic rings. The normalized spacial score (nSPS) is 12.2. The van der Waals surface area contributed by atoms with Crippen molar-refractivity contribution in [1.82, 2.24) is 0 Å². The fourth-order valence-electron chi connectivity index (χ4n) is 1.36. The van der Waals surface area contributed by atoms with Crippen molar-refractivity contribution in [3.8, 4) is 11.5 Å². The smallest absolute Gasteiger partial charge is 0.128 e. The lowest BCUT2D eigenvalue weighted by Gasteiger charge is -2.14. The van der Waals surface area contributed by atoms with Crippen LogP contribution in [0, 0.1) is 0 Å². The lowest BCUT2D eigenvalue weighted by molar-refractivity contribution is 0.187. The van der Waals surface area contributed by atoms with E-state index in [1.54, 1.807) is 32.2 Å². The molecule has 0 fully saturated rings. The van der Waals surface area contributed by atoms with Crippen LogP contribution in [0.15, 0.2) is 18.2 Å². The van der Waals surface area contributed by atoms with Crippen molar-refractivity contribution >= 4 is 0 Å². The summed E-state index contributed by atoms with van der Waals surface area (Å²) in [5.74, 6) is 1.28. The summed E-state index contributed by atoms with van der Waals surface area (Å²) in [6.07, 6.45) is -0.0220. The van der Waals surface area contributed by atoms with Gasteiger partial charge < -0.3 is 19.7 Å². The molecule has 0 aliphatic rings. The van der Waals surface area contributed by atoms with E-state index in [4.69, 9.17) is 14.6 Å². The first-order valence-corrected chi connectivity index (χ1v) is 5.28. The summed E-state index contributed by atoms with van der Waals surface area (Å²) in [7, 11) is 1.58. The van der Waals surface area contributed by atoms with E-state index in [2.05, 4.69) is 0 Å². The highest BCUT2D eigenvalue weighted by atomic mass is 16.5. The minimum atomic E-state index is -0.588. The molecule has 2 N–H and O–H groups in total. The van der Waals surface area contributed by atoms with Crippen LogP contribution in [0.1, 0.15) is 25.0 Å². The van der Waals surface area contributed by atoms with Gasteiger partial charge in [0.05, 0.1) is 19.8 Å². The number of ether oxygens (including phenoxy) is 2. The molecule has 0 amide bonds. The predicted molar refractivity (Wildman–Crippen MR) is 60.8 cm³/mol. The molecule has 0 bridgehead atoms. The van der Waals surface area contributed by atoms with E-state index >= 15 is 0 Å². The fourth-order valence-corrected chi connectivity index (χ4v) is 1.36. The number of benzene rings is 1. The first kappa shape index (κ1) is 12.8. The Kier molecular flexibility index (Phi) is 5.08. The molecule has 0 saturated carbocycles. The molecule has 0 aliphatic heterocycles. The molecular weight excluding hydrogens is 208 g/mol. The third kappa shape index (κ3) is 3.40. The minimum absolute atomic E-state index is 0.0913. The Morgan fingerprint density at radius 2 is 2.12 bits per heavy atom. The zero-order valence-electron chi connectivity index (χ0n) is 9.64. The van der Waals surface area contributed by atoms with Gasteiger partial charge in [0.1, 0.15) is 11.5 Å². The van der Waals surface area contributed by atoms with E-state index in [1.165, 1.54) is 0 Å². The topological polar surface area (TPSA) is 58.9 Å². The van der Waals surface area contributed by atoms with Crippen LogP contribution in [0.2, 0.25) is 0 Å². The van der Waals surface area contributed by atoms with Crippen LogP contribution < -0.4 is 9.47 Å². The van der Waals surface area contributed by atoms with Gasteiger partial charge in [0.25, 0.3) is 0 Å². The second kappa shape index (κ2) is 6.35. The number of aliphatic hydroxyl groups is 2. The molecule has 0 saturated heterocycles. The Balaban J connectivity index is 2.83. The third-order valence-corrected chi connectivity index (χ3v) is 2.23. The summed E-state index contributed by atoms with van der Waals surface area (Å²) in [5.41, 5.74) is 0.721. The first-order chi connectivity index (χ1) is 7.69. The van der Waals surface area contributed by atoms with E-state index in [0.29, 0.717) is 24.5 Å². The van der Waals surface area contributed by atoms with E-state index in [-0.39, 0.29) is 6.61 Å². The van der Waals surface area contributed by atoms with Crippen molar-refractivity contribution in [1.29, 1.82) is 0 Å². The van der Waals surface area contributed by atoms with Crippen molar-refractivity contribution in [2.75, 3.05) is 20.3 Å². The van der Waals surface area contributed by atoms with Crippen LogP contribution in [0.25, 0.3) is 0 Å². The molecule has 16 heavy (non-hydrogen) atoms. The molecule has 0 radical (unpaired) electrons. The SMILES string of the molecule is COc1ccc([C@@H](C)O)c(OCCCO)c1. The maximum Gasteiger partial charge on any atom is 0.128 e. The summed E-state index contributed by atoms with van der Waals surface area (Å²) in [6, 6.07) is 5.29. The molecule has 0 heterocycles. The number of rotatable bonds is 6. The molecule has 4 nitrogen and oxygen atoms in total. The van der Waals surface area contributed by atoms with Crippen LogP contribution in [0.4, 0.5) is 0 Å². The minimum Gasteiger partial charge on any atom is -0.497 e. The van der Waals surface area contributed by atoms with Gasteiger partial charge in [0.15, 0.2) is 0 Å². The summed E-state index contributed by atoms with van der Waals surface area (Å²) >= 11 is 0. The van der Waals surface area contributed by atoms with Crippen LogP contribution >= 0.6 is 0 Å². The lowest BCUT2D eigenvalue weighted by atomic mass is 10.1. The highest BCUT2D eigenvalue weighted by Crippen LogP contribution is 2.29. The summed E-state index contributed by atoms with van der Waals surface area (Å²) in [4.78, 5) is 0. The number of hydrogen-bond donors (Lipinski definition) is 2. The molecule has 0 spiro atoms. The van der Waals surface area contributed by atoms with Gasteiger partial charge >= 0.3 is 0 Å². The zero-order chi connectivity index (χ0) is 12.0. The van der Waals surface area contributed by atoms with Crippen LogP contribution in [0.3, 0.4) is 0 Å². The lowest BCUT2D eigenvalue weighted by Crippen LogP contribution is -2.04. The Bertz CT molecular complexity index is 323. The second-order valence-electron chi connectivity index (χ2n) is 3.51. The fraction of sp³-hybridized carbons (Fsp3) is 0.500. The number of aliphatic hydroxyl groups excluding tert-OH is 2. The van der Waals surface area contributed by atoms with Crippen molar-refractivity contribution in [3.63, 3.8) is 0 Å². The molecule has 4 heteroatoms. The molecule has 1 aromatic carbocycles. The van der Waals surface area contributed by atoms with E-state index in [1.807, 2.05) is 0 Å². The van der Waals surface area contributed by atoms with Gasteiger partial charge in [-0.25, -0.2) is 0 Å². The third-order valence-electron chi connectivity index (χ3n) is 2.23. The van der Waals surface area contributed by atoms with Crippen LogP contribution in [-0.2, 0) is 0 Å². The molecule has 1 rings (SSSR count). The highest BCUT2D eigenvalue weighted by Gasteiger charge is 2.10. The Morgan fingerprint density at radius 1 is 1.38 bits per heavy atom. The standard InChI is InChI=1S/C12H18O4/c1-9(14)11-5-4-10(15-2)8-12(11)16-7-3-6-13/h4-5,8-9,13-14H,3,6-7H2,1-2H3/t9-/m1/s1. The maximum atomic E-state index is 9.55. The van der Waals surface area contributed by atoms with Crippen molar-refractivity contribution < 1.29 is 19.7 Å². The van der Waals surface area contributed by atoms with Crippen molar-refractivity contribution in [2.45, 2.75) is 19.4 Å². The number of hydrogen-bond acceptors (Lipinski definition) is 4. The van der Waals surface area contributed by atoms with Crippen LogP contribution in [-0.4, -0.2) is 30.5 Å². The summed E-state index contributed by atoms with van der Waals surface area (Å²) < 4.78 is 10.6. The van der Waals surface area contributed by atoms with Crippen molar-refractivity contribution in [3.05, 3.63) is 23.8 Å². The quantitative estimate of drug-likeness (QED) is 0.722. The summed E-state index contributed by atoms with van der Waals surface area (Å²) in [5, 5.41) is 18.2. The largest absolute Gasteiger partial charge is 0.497 e. The summed E-state index contributed by atoms with van der Waals surface area (Å²) in [6.45, 7) is 2.19. The van der Waals surface area contributed by atoms with E-state index in [9.17, 15) is 5.11 Å². The van der Waals surface area contributed by atoms with Crippen LogP contribution in [0.5, 0.6) is 11.5 Å². The van der Waals surface area contributed by atoms with Gasteiger partial charge in [-0.05, 0) is 19.1 Å².